The maximum Gasteiger partial charge on any atom is 0.376 e. The van der Waals surface area contributed by atoms with Crippen LogP contribution in [0.1, 0.15) is 16.1 Å². The van der Waals surface area contributed by atoms with Crippen LogP contribution in [-0.4, -0.2) is 18.2 Å². The molecule has 0 saturated heterocycles. The first-order valence-electron chi connectivity index (χ1n) is 4.83. The lowest BCUT2D eigenvalue weighted by Crippen LogP contribution is -1.98. The van der Waals surface area contributed by atoms with E-state index in [4.69, 9.17) is 4.52 Å². The molecule has 1 aromatic carbocycles. The second-order valence-corrected chi connectivity index (χ2v) is 3.44. The Kier molecular flexibility index (Phi) is 2.72. The molecule has 0 radical (unpaired) electrons. The first-order valence-corrected chi connectivity index (χ1v) is 4.83. The highest BCUT2D eigenvalue weighted by atomic mass is 16.5. The van der Waals surface area contributed by atoms with E-state index in [-0.39, 0.29) is 5.76 Å². The summed E-state index contributed by atoms with van der Waals surface area (Å²) < 4.78 is 9.42. The molecule has 1 aromatic heterocycles. The Hall–Kier alpha value is -2.10. The number of rotatable bonds is 2. The molecular weight excluding hydrogens is 206 g/mol. The van der Waals surface area contributed by atoms with Crippen LogP contribution in [0.5, 0.6) is 0 Å². The van der Waals surface area contributed by atoms with E-state index in [2.05, 4.69) is 9.89 Å². The number of benzene rings is 1. The molecule has 0 amide bonds. The Bertz CT molecular complexity index is 516. The first-order chi connectivity index (χ1) is 7.70. The third-order valence-electron chi connectivity index (χ3n) is 2.21. The van der Waals surface area contributed by atoms with Crippen molar-refractivity contribution in [2.45, 2.75) is 6.92 Å². The number of hydrogen-bond acceptors (Lipinski definition) is 4. The molecule has 2 rings (SSSR count). The van der Waals surface area contributed by atoms with Gasteiger partial charge in [0.2, 0.25) is 5.76 Å². The van der Waals surface area contributed by atoms with Gasteiger partial charge in [0.1, 0.15) is 5.69 Å². The predicted molar refractivity (Wildman–Crippen MR) is 58.0 cm³/mol. The van der Waals surface area contributed by atoms with Crippen molar-refractivity contribution in [3.05, 3.63) is 41.7 Å². The van der Waals surface area contributed by atoms with Crippen LogP contribution in [0.3, 0.4) is 0 Å². The van der Waals surface area contributed by atoms with E-state index >= 15 is 0 Å². The van der Waals surface area contributed by atoms with Crippen molar-refractivity contribution in [3.8, 4) is 11.3 Å². The van der Waals surface area contributed by atoms with Crippen molar-refractivity contribution in [3.63, 3.8) is 0 Å². The molecule has 0 unspecified atom stereocenters. The van der Waals surface area contributed by atoms with Gasteiger partial charge in [-0.1, -0.05) is 28.9 Å². The van der Waals surface area contributed by atoms with Crippen LogP contribution in [0.2, 0.25) is 0 Å². The van der Waals surface area contributed by atoms with E-state index < -0.39 is 5.97 Å². The average Bonchev–Trinajstić information content (AvgIpc) is 2.77. The van der Waals surface area contributed by atoms with E-state index in [9.17, 15) is 4.79 Å². The lowest BCUT2D eigenvalue weighted by Gasteiger charge is -1.95. The number of nitrogens with zero attached hydrogens (tertiary/aromatic N) is 1. The Morgan fingerprint density at radius 3 is 2.88 bits per heavy atom. The summed E-state index contributed by atoms with van der Waals surface area (Å²) in [6.07, 6.45) is 0. The number of ether oxygens (including phenoxy) is 1. The van der Waals surface area contributed by atoms with Crippen LogP contribution < -0.4 is 0 Å². The summed E-state index contributed by atoms with van der Waals surface area (Å²) in [7, 11) is 1.30. The molecule has 16 heavy (non-hydrogen) atoms. The Morgan fingerprint density at radius 2 is 2.19 bits per heavy atom. The number of carbonyl (C=O) groups excluding carboxylic acids is 1. The molecule has 82 valence electrons. The second kappa shape index (κ2) is 4.18. The minimum atomic E-state index is -0.522. The molecule has 4 nitrogen and oxygen atoms in total. The Morgan fingerprint density at radius 1 is 1.38 bits per heavy atom. The second-order valence-electron chi connectivity index (χ2n) is 3.44. The summed E-state index contributed by atoms with van der Waals surface area (Å²) in [5.41, 5.74) is 2.67. The molecule has 0 fully saturated rings. The highest BCUT2D eigenvalue weighted by molar-refractivity contribution is 5.87. The van der Waals surface area contributed by atoms with E-state index in [1.54, 1.807) is 6.07 Å². The fourth-order valence-electron chi connectivity index (χ4n) is 1.41. The van der Waals surface area contributed by atoms with Crippen LogP contribution in [0.15, 0.2) is 34.9 Å². The van der Waals surface area contributed by atoms with Gasteiger partial charge in [-0.3, -0.25) is 0 Å². The standard InChI is InChI=1S/C12H11NO3/c1-8-4-3-5-9(6-8)10-7-11(16-13-10)12(14)15-2/h3-7H,1-2H3. The third-order valence-corrected chi connectivity index (χ3v) is 2.21. The summed E-state index contributed by atoms with van der Waals surface area (Å²) in [6.45, 7) is 1.99. The molecule has 4 heteroatoms. The van der Waals surface area contributed by atoms with Gasteiger partial charge >= 0.3 is 5.97 Å². The molecule has 0 atom stereocenters. The fraction of sp³-hybridized carbons (Fsp3) is 0.167. The summed E-state index contributed by atoms with van der Waals surface area (Å²) in [5, 5.41) is 3.82. The molecule has 0 aliphatic rings. The number of hydrogen-bond donors (Lipinski definition) is 0. The fourth-order valence-corrected chi connectivity index (χ4v) is 1.41. The highest BCUT2D eigenvalue weighted by Crippen LogP contribution is 2.20. The zero-order valence-corrected chi connectivity index (χ0v) is 9.06. The highest BCUT2D eigenvalue weighted by Gasteiger charge is 2.13. The lowest BCUT2D eigenvalue weighted by atomic mass is 10.1. The number of esters is 1. The number of aryl methyl sites for hydroxylation is 1. The van der Waals surface area contributed by atoms with E-state index in [1.165, 1.54) is 7.11 Å². The van der Waals surface area contributed by atoms with E-state index in [1.807, 2.05) is 31.2 Å². The van der Waals surface area contributed by atoms with Crippen LogP contribution in [0.4, 0.5) is 0 Å². The van der Waals surface area contributed by atoms with E-state index in [0.717, 1.165) is 11.1 Å². The Labute approximate surface area is 92.8 Å². The van der Waals surface area contributed by atoms with Gasteiger partial charge in [-0.2, -0.15) is 0 Å². The number of aromatic nitrogens is 1. The quantitative estimate of drug-likeness (QED) is 0.725. The molecule has 0 N–H and O–H groups in total. The van der Waals surface area contributed by atoms with Crippen molar-refractivity contribution in [1.29, 1.82) is 0 Å². The van der Waals surface area contributed by atoms with Crippen molar-refractivity contribution >= 4 is 5.97 Å². The number of methoxy groups -OCH3 is 1. The van der Waals surface area contributed by atoms with Gasteiger partial charge in [-0.05, 0) is 13.0 Å². The van der Waals surface area contributed by atoms with Crippen LogP contribution in [0.25, 0.3) is 11.3 Å². The summed E-state index contributed by atoms with van der Waals surface area (Å²) in [5.74, 6) is -0.412. The van der Waals surface area contributed by atoms with Gasteiger partial charge in [-0.25, -0.2) is 4.79 Å². The van der Waals surface area contributed by atoms with Crippen LogP contribution in [-0.2, 0) is 4.74 Å². The van der Waals surface area contributed by atoms with Crippen molar-refractivity contribution in [1.82, 2.24) is 5.16 Å². The molecule has 1 heterocycles. The van der Waals surface area contributed by atoms with Crippen molar-refractivity contribution in [2.75, 3.05) is 7.11 Å². The minimum Gasteiger partial charge on any atom is -0.463 e. The van der Waals surface area contributed by atoms with Gasteiger partial charge in [0.05, 0.1) is 7.11 Å². The van der Waals surface area contributed by atoms with E-state index in [0.29, 0.717) is 5.69 Å². The first kappa shape index (κ1) is 10.4. The van der Waals surface area contributed by atoms with Crippen molar-refractivity contribution in [2.24, 2.45) is 0 Å². The summed E-state index contributed by atoms with van der Waals surface area (Å²) in [4.78, 5) is 11.2. The topological polar surface area (TPSA) is 52.3 Å². The Balaban J connectivity index is 2.35. The molecule has 2 aromatic rings. The smallest absolute Gasteiger partial charge is 0.376 e. The number of carbonyl (C=O) groups is 1. The monoisotopic (exact) mass is 217 g/mol. The van der Waals surface area contributed by atoms with Crippen molar-refractivity contribution < 1.29 is 14.1 Å². The normalized spacial score (nSPS) is 10.1. The predicted octanol–water partition coefficient (Wildman–Crippen LogP) is 2.44. The maximum absolute atomic E-state index is 11.2. The average molecular weight is 217 g/mol. The SMILES string of the molecule is COC(=O)c1cc(-c2cccc(C)c2)no1. The molecule has 0 aliphatic carbocycles. The van der Waals surface area contributed by atoms with Crippen LogP contribution in [0, 0.1) is 6.92 Å². The van der Waals surface area contributed by atoms with Gasteiger partial charge < -0.3 is 9.26 Å². The van der Waals surface area contributed by atoms with Gasteiger partial charge in [-0.15, -0.1) is 0 Å². The molecule has 0 spiro atoms. The third kappa shape index (κ3) is 1.95. The summed E-state index contributed by atoms with van der Waals surface area (Å²) in [6, 6.07) is 9.37. The van der Waals surface area contributed by atoms with Gasteiger partial charge in [0.15, 0.2) is 0 Å². The molecule has 0 aliphatic heterocycles. The zero-order valence-electron chi connectivity index (χ0n) is 9.06. The molecule has 0 saturated carbocycles. The van der Waals surface area contributed by atoms with Gasteiger partial charge in [0, 0.05) is 11.6 Å². The molecule has 0 bridgehead atoms. The lowest BCUT2D eigenvalue weighted by molar-refractivity contribution is 0.0554. The minimum absolute atomic E-state index is 0.110. The summed E-state index contributed by atoms with van der Waals surface area (Å²) >= 11 is 0. The maximum atomic E-state index is 11.2. The largest absolute Gasteiger partial charge is 0.463 e. The van der Waals surface area contributed by atoms with Gasteiger partial charge in [0.25, 0.3) is 0 Å². The molecular formula is C12H11NO3. The zero-order chi connectivity index (χ0) is 11.5. The van der Waals surface area contributed by atoms with Crippen LogP contribution >= 0.6 is 0 Å².